The Bertz CT molecular complexity index is 1710. The third kappa shape index (κ3) is 2.82. The first-order valence-corrected chi connectivity index (χ1v) is 14.1. The molecule has 0 saturated heterocycles. The van der Waals surface area contributed by atoms with Crippen LogP contribution in [0.25, 0.3) is 21.5 Å². The number of aliphatic imine (C=N–C) groups is 1. The van der Waals surface area contributed by atoms with Crippen molar-refractivity contribution in [3.63, 3.8) is 0 Å². The molecule has 5 atom stereocenters. The highest BCUT2D eigenvalue weighted by molar-refractivity contribution is 8.00. The molecule has 37 heavy (non-hydrogen) atoms. The maximum atomic E-state index is 11.7. The highest BCUT2D eigenvalue weighted by atomic mass is 32.2. The van der Waals surface area contributed by atoms with Crippen LogP contribution in [0.5, 0.6) is 0 Å². The summed E-state index contributed by atoms with van der Waals surface area (Å²) in [4.78, 5) is 6.37. The minimum absolute atomic E-state index is 0.0888. The molecule has 5 unspecified atom stereocenters. The molecule has 1 saturated carbocycles. The molecule has 4 aromatic carbocycles. The van der Waals surface area contributed by atoms with Crippen LogP contribution in [0.3, 0.4) is 0 Å². The highest BCUT2D eigenvalue weighted by Gasteiger charge is 2.75. The van der Waals surface area contributed by atoms with Gasteiger partial charge in [0.2, 0.25) is 11.2 Å². The molecule has 0 spiro atoms. The van der Waals surface area contributed by atoms with Gasteiger partial charge >= 0.3 is 0 Å². The molecule has 1 aliphatic carbocycles. The van der Waals surface area contributed by atoms with Crippen LogP contribution in [0.15, 0.2) is 76.6 Å². The first-order valence-electron chi connectivity index (χ1n) is 13.2. The van der Waals surface area contributed by atoms with Gasteiger partial charge < -0.3 is 9.84 Å². The summed E-state index contributed by atoms with van der Waals surface area (Å²) in [6, 6.07) is 24.2. The van der Waals surface area contributed by atoms with Gasteiger partial charge in [0.1, 0.15) is 11.6 Å². The second-order valence-corrected chi connectivity index (χ2v) is 12.4. The monoisotopic (exact) mass is 505 g/mol. The number of rotatable bonds is 3. The van der Waals surface area contributed by atoms with Crippen molar-refractivity contribution < 1.29 is 14.4 Å². The largest absolute Gasteiger partial charge is 0.362 e. The van der Waals surface area contributed by atoms with Crippen LogP contribution in [0.4, 0.5) is 0 Å². The molecule has 0 amide bonds. The van der Waals surface area contributed by atoms with E-state index in [0.29, 0.717) is 5.92 Å². The summed E-state index contributed by atoms with van der Waals surface area (Å²) in [5.41, 5.74) is 6.50. The number of nitrogens with zero attached hydrogens (tertiary/aromatic N) is 2. The fourth-order valence-electron chi connectivity index (χ4n) is 7.25. The highest BCUT2D eigenvalue weighted by Crippen LogP contribution is 2.61. The number of hydrogen-bond acceptors (Lipinski definition) is 4. The molecule has 1 fully saturated rings. The summed E-state index contributed by atoms with van der Waals surface area (Å²) in [6.07, 6.45) is 2.99. The van der Waals surface area contributed by atoms with E-state index in [9.17, 15) is 5.11 Å². The van der Waals surface area contributed by atoms with Gasteiger partial charge in [-0.1, -0.05) is 85.2 Å². The Labute approximate surface area is 220 Å². The first kappa shape index (κ1) is 22.0. The summed E-state index contributed by atoms with van der Waals surface area (Å²) in [6.45, 7) is 4.57. The van der Waals surface area contributed by atoms with Crippen LogP contribution >= 0.6 is 11.8 Å². The lowest BCUT2D eigenvalue weighted by atomic mass is 9.79. The third-order valence-electron chi connectivity index (χ3n) is 8.78. The minimum Gasteiger partial charge on any atom is -0.362 e. The quantitative estimate of drug-likeness (QED) is 0.272. The van der Waals surface area contributed by atoms with Gasteiger partial charge in [-0.25, -0.2) is 4.58 Å². The van der Waals surface area contributed by atoms with E-state index < -0.39 is 5.79 Å². The fourth-order valence-corrected chi connectivity index (χ4v) is 8.54. The zero-order chi connectivity index (χ0) is 25.1. The fraction of sp³-hybridized carbons (Fsp3) is 0.312. The maximum absolute atomic E-state index is 11.7. The second kappa shape index (κ2) is 7.53. The number of ether oxygens (including phenoxy) is 1. The van der Waals surface area contributed by atoms with Crippen LogP contribution < -0.4 is 0 Å². The van der Waals surface area contributed by atoms with Gasteiger partial charge in [-0.3, -0.25) is 0 Å². The molecule has 3 aliphatic heterocycles. The summed E-state index contributed by atoms with van der Waals surface area (Å²) in [7, 11) is 1.63. The van der Waals surface area contributed by atoms with Gasteiger partial charge in [-0.2, -0.15) is 0 Å². The Morgan fingerprint density at radius 1 is 1.00 bits per heavy atom. The molecule has 184 valence electrons. The predicted octanol–water partition coefficient (Wildman–Crippen LogP) is 6.07. The predicted molar refractivity (Wildman–Crippen MR) is 150 cm³/mol. The van der Waals surface area contributed by atoms with Crippen molar-refractivity contribution in [2.24, 2.45) is 10.9 Å². The molecular weight excluding hydrogens is 476 g/mol. The minimum atomic E-state index is -1.23. The van der Waals surface area contributed by atoms with E-state index in [0.717, 1.165) is 6.42 Å². The number of benzene rings is 4. The lowest BCUT2D eigenvalue weighted by molar-refractivity contribution is -0.443. The van der Waals surface area contributed by atoms with Crippen molar-refractivity contribution in [3.05, 3.63) is 89.0 Å². The Hall–Kier alpha value is -2.99. The van der Waals surface area contributed by atoms with Gasteiger partial charge in [0, 0.05) is 17.6 Å². The normalized spacial score (nSPS) is 28.8. The van der Waals surface area contributed by atoms with Crippen LogP contribution in [-0.2, 0) is 11.2 Å². The molecule has 4 nitrogen and oxygen atoms in total. The van der Waals surface area contributed by atoms with E-state index in [1.54, 1.807) is 7.11 Å². The lowest BCUT2D eigenvalue weighted by Crippen LogP contribution is -2.40. The Kier molecular flexibility index (Phi) is 4.49. The van der Waals surface area contributed by atoms with E-state index in [4.69, 9.17) is 9.73 Å². The summed E-state index contributed by atoms with van der Waals surface area (Å²) >= 11 is 1.87. The van der Waals surface area contributed by atoms with E-state index in [1.807, 2.05) is 18.1 Å². The van der Waals surface area contributed by atoms with Gasteiger partial charge in [0.05, 0.1) is 5.92 Å². The first-order chi connectivity index (χ1) is 18.0. The smallest absolute Gasteiger partial charge is 0.282 e. The van der Waals surface area contributed by atoms with E-state index in [-0.39, 0.29) is 23.3 Å². The zero-order valence-electron chi connectivity index (χ0n) is 21.2. The Morgan fingerprint density at radius 2 is 1.76 bits per heavy atom. The van der Waals surface area contributed by atoms with Crippen molar-refractivity contribution in [2.75, 3.05) is 7.11 Å². The molecule has 0 aromatic heterocycles. The summed E-state index contributed by atoms with van der Waals surface area (Å²) in [5.74, 6) is -0.683. The van der Waals surface area contributed by atoms with Crippen LogP contribution in [0.2, 0.25) is 0 Å². The SMILES string of the molecule is COC1(O)C2c3c(cc(CC(C)C)c4ccccc34)C3=[N+](C=NC4Sc5ccc6ccccc6c5C34)C21. The number of hydrogen-bond donors (Lipinski definition) is 1. The standard InChI is InChI=1S/C32H29N2O2S/c1-17(2)14-19-15-23-25(22-11-7-6-9-20(19)22)28-30(32(28,35)36-3)34-16-33-31-27(29(23)34)26-21-10-5-4-8-18(21)12-13-24(26)37-31/h4-13,15-17,27-28,30-31,35H,14H2,1-3H3/q+1. The second-order valence-electron chi connectivity index (χ2n) is 11.3. The van der Waals surface area contributed by atoms with Gasteiger partial charge in [-0.15, -0.1) is 0 Å². The maximum Gasteiger partial charge on any atom is 0.282 e. The molecule has 3 heterocycles. The average molecular weight is 506 g/mol. The van der Waals surface area contributed by atoms with Crippen molar-refractivity contribution in [1.82, 2.24) is 0 Å². The van der Waals surface area contributed by atoms with Crippen molar-refractivity contribution in [3.8, 4) is 0 Å². The topological polar surface area (TPSA) is 44.8 Å². The lowest BCUT2D eigenvalue weighted by Gasteiger charge is -2.28. The van der Waals surface area contributed by atoms with E-state index in [2.05, 4.69) is 85.2 Å². The molecular formula is C32H29N2O2S+. The van der Waals surface area contributed by atoms with Crippen molar-refractivity contribution in [2.45, 2.75) is 54.2 Å². The molecule has 5 heteroatoms. The van der Waals surface area contributed by atoms with Crippen LogP contribution in [0.1, 0.15) is 47.9 Å². The van der Waals surface area contributed by atoms with E-state index in [1.165, 1.54) is 54.4 Å². The number of methoxy groups -OCH3 is 1. The molecule has 4 aromatic rings. The van der Waals surface area contributed by atoms with Gasteiger partial charge in [-0.05, 0) is 62.7 Å². The summed E-state index contributed by atoms with van der Waals surface area (Å²) in [5, 5.41) is 16.9. The Morgan fingerprint density at radius 3 is 2.54 bits per heavy atom. The third-order valence-corrected chi connectivity index (χ3v) is 10.0. The van der Waals surface area contributed by atoms with Crippen molar-refractivity contribution >= 4 is 45.4 Å². The van der Waals surface area contributed by atoms with Crippen LogP contribution in [0, 0.1) is 5.92 Å². The van der Waals surface area contributed by atoms with Gasteiger partial charge in [0.15, 0.2) is 6.04 Å². The number of thioether (sulfide) groups is 1. The molecule has 1 N–H and O–H groups in total. The van der Waals surface area contributed by atoms with Crippen LogP contribution in [-0.4, -0.2) is 46.0 Å². The van der Waals surface area contributed by atoms with Crippen molar-refractivity contribution in [1.29, 1.82) is 0 Å². The number of aliphatic hydroxyl groups is 1. The zero-order valence-corrected chi connectivity index (χ0v) is 22.0. The average Bonchev–Trinajstić information content (AvgIpc) is 3.34. The molecule has 0 radical (unpaired) electrons. The van der Waals surface area contributed by atoms with E-state index >= 15 is 0 Å². The Balaban J connectivity index is 1.46. The number of fused-ring (bicyclic) bond motifs is 13. The molecule has 4 aliphatic rings. The molecule has 8 rings (SSSR count). The molecule has 0 bridgehead atoms. The van der Waals surface area contributed by atoms with Gasteiger partial charge in [0.25, 0.3) is 6.34 Å². The summed E-state index contributed by atoms with van der Waals surface area (Å²) < 4.78 is 8.08.